The Morgan fingerprint density at radius 3 is 2.07 bits per heavy atom. The molecule has 2 nitrogen and oxygen atoms in total. The highest BCUT2D eigenvalue weighted by Crippen LogP contribution is 2.43. The third-order valence-corrected chi connectivity index (χ3v) is 5.14. The monoisotopic (exact) mass is 360 g/mol. The van der Waals surface area contributed by atoms with E-state index in [0.29, 0.717) is 5.75 Å². The van der Waals surface area contributed by atoms with E-state index in [1.165, 1.54) is 0 Å². The van der Waals surface area contributed by atoms with E-state index in [1.54, 1.807) is 7.11 Å². The number of methoxy groups -OCH3 is 1. The van der Waals surface area contributed by atoms with Gasteiger partial charge in [0.2, 0.25) is 0 Å². The first-order chi connectivity index (χ1) is 12.8. The zero-order valence-corrected chi connectivity index (χ0v) is 16.8. The van der Waals surface area contributed by atoms with Crippen LogP contribution in [0.3, 0.4) is 0 Å². The van der Waals surface area contributed by atoms with Gasteiger partial charge in [-0.05, 0) is 16.5 Å². The van der Waals surface area contributed by atoms with Gasteiger partial charge in [0.25, 0.3) is 0 Å². The minimum absolute atomic E-state index is 0.00547. The molecule has 0 spiro atoms. The fourth-order valence-electron chi connectivity index (χ4n) is 3.65. The van der Waals surface area contributed by atoms with Gasteiger partial charge in [0.05, 0.1) is 7.11 Å². The Labute approximate surface area is 162 Å². The molecule has 3 aromatic rings. The molecule has 3 aromatic carbocycles. The number of ether oxygens (including phenoxy) is 1. The van der Waals surface area contributed by atoms with Crippen molar-refractivity contribution in [2.45, 2.75) is 39.0 Å². The van der Waals surface area contributed by atoms with Crippen molar-refractivity contribution in [3.8, 4) is 22.6 Å². The van der Waals surface area contributed by atoms with Crippen LogP contribution in [0.1, 0.15) is 50.3 Å². The average molecular weight is 360 g/mol. The maximum absolute atomic E-state index is 11.0. The van der Waals surface area contributed by atoms with E-state index < -0.39 is 0 Å². The van der Waals surface area contributed by atoms with E-state index in [1.807, 2.05) is 36.4 Å². The molecule has 0 aliphatic carbocycles. The highest BCUT2D eigenvalue weighted by atomic mass is 16.5. The number of aromatic hydroxyl groups is 1. The Hall–Kier alpha value is -2.74. The minimum Gasteiger partial charge on any atom is -0.507 e. The molecule has 2 heteroatoms. The van der Waals surface area contributed by atoms with Crippen molar-refractivity contribution >= 4 is 0 Å². The van der Waals surface area contributed by atoms with Crippen molar-refractivity contribution in [2.24, 2.45) is 0 Å². The Kier molecular flexibility index (Phi) is 5.27. The molecule has 0 saturated carbocycles. The maximum atomic E-state index is 11.0. The summed E-state index contributed by atoms with van der Waals surface area (Å²) in [6.45, 7) is 8.47. The molecule has 0 aliphatic heterocycles. The highest BCUT2D eigenvalue weighted by molar-refractivity contribution is 5.73. The molecule has 3 rings (SSSR count). The van der Waals surface area contributed by atoms with Gasteiger partial charge in [0, 0.05) is 22.6 Å². The van der Waals surface area contributed by atoms with Crippen LogP contribution < -0.4 is 4.74 Å². The fraction of sp³-hybridized carbons (Fsp3) is 0.280. The van der Waals surface area contributed by atoms with Crippen LogP contribution in [0.2, 0.25) is 0 Å². The van der Waals surface area contributed by atoms with E-state index in [2.05, 4.69) is 58.0 Å². The third-order valence-electron chi connectivity index (χ3n) is 5.14. The van der Waals surface area contributed by atoms with Crippen LogP contribution in [0.15, 0.2) is 66.7 Å². The largest absolute Gasteiger partial charge is 0.507 e. The number of phenolic OH excluding ortho intramolecular Hbond substituents is 1. The molecule has 1 atom stereocenters. The summed E-state index contributed by atoms with van der Waals surface area (Å²) in [5.41, 5.74) is 5.02. The summed E-state index contributed by atoms with van der Waals surface area (Å²) in [4.78, 5) is 0. The number of hydrogen-bond acceptors (Lipinski definition) is 2. The quantitative estimate of drug-likeness (QED) is 0.574. The van der Waals surface area contributed by atoms with Gasteiger partial charge in [0.15, 0.2) is 0 Å². The van der Waals surface area contributed by atoms with Crippen molar-refractivity contribution < 1.29 is 9.84 Å². The van der Waals surface area contributed by atoms with Crippen molar-refractivity contribution in [2.75, 3.05) is 7.11 Å². The molecule has 0 radical (unpaired) electrons. The van der Waals surface area contributed by atoms with Gasteiger partial charge in [-0.2, -0.15) is 0 Å². The zero-order valence-electron chi connectivity index (χ0n) is 16.8. The van der Waals surface area contributed by atoms with Crippen LogP contribution in [-0.4, -0.2) is 12.2 Å². The third kappa shape index (κ3) is 3.71. The van der Waals surface area contributed by atoms with Crippen LogP contribution in [0.25, 0.3) is 11.1 Å². The molecule has 0 saturated heterocycles. The summed E-state index contributed by atoms with van der Waals surface area (Å²) in [6.07, 6.45) is 0. The molecule has 0 aromatic heterocycles. The van der Waals surface area contributed by atoms with Gasteiger partial charge >= 0.3 is 0 Å². The highest BCUT2D eigenvalue weighted by Gasteiger charge is 2.24. The Morgan fingerprint density at radius 2 is 1.44 bits per heavy atom. The number of benzene rings is 3. The topological polar surface area (TPSA) is 29.5 Å². The maximum Gasteiger partial charge on any atom is 0.130 e. The van der Waals surface area contributed by atoms with Gasteiger partial charge in [-0.25, -0.2) is 0 Å². The second-order valence-electron chi connectivity index (χ2n) is 8.01. The molecule has 27 heavy (non-hydrogen) atoms. The molecule has 0 aliphatic rings. The number of rotatable bonds is 4. The van der Waals surface area contributed by atoms with Crippen LogP contribution in [0, 0.1) is 0 Å². The molecule has 0 heterocycles. The lowest BCUT2D eigenvalue weighted by atomic mass is 9.82. The number of hydrogen-bond donors (Lipinski definition) is 1. The van der Waals surface area contributed by atoms with Crippen LogP contribution in [-0.2, 0) is 5.41 Å². The molecular weight excluding hydrogens is 332 g/mol. The summed E-state index contributed by atoms with van der Waals surface area (Å²) >= 11 is 0. The van der Waals surface area contributed by atoms with Crippen molar-refractivity contribution in [3.05, 3.63) is 83.4 Å². The number of phenols is 1. The van der Waals surface area contributed by atoms with E-state index in [9.17, 15) is 5.11 Å². The zero-order chi connectivity index (χ0) is 19.6. The molecule has 0 fully saturated rings. The summed E-state index contributed by atoms with van der Waals surface area (Å²) in [5, 5.41) is 11.0. The lowest BCUT2D eigenvalue weighted by Gasteiger charge is -2.25. The van der Waals surface area contributed by atoms with Gasteiger partial charge < -0.3 is 9.84 Å². The Balaban J connectivity index is 2.13. The number of para-hydroxylation sites is 2. The molecule has 140 valence electrons. The van der Waals surface area contributed by atoms with Gasteiger partial charge in [-0.1, -0.05) is 94.4 Å². The second kappa shape index (κ2) is 7.48. The van der Waals surface area contributed by atoms with E-state index in [-0.39, 0.29) is 11.3 Å². The van der Waals surface area contributed by atoms with Crippen molar-refractivity contribution in [1.82, 2.24) is 0 Å². The molecule has 1 unspecified atom stereocenters. The molecule has 0 amide bonds. The van der Waals surface area contributed by atoms with Crippen molar-refractivity contribution in [1.29, 1.82) is 0 Å². The normalized spacial score (nSPS) is 12.6. The van der Waals surface area contributed by atoms with E-state index in [0.717, 1.165) is 33.6 Å². The van der Waals surface area contributed by atoms with Crippen LogP contribution >= 0.6 is 0 Å². The molecule has 0 bridgehead atoms. The van der Waals surface area contributed by atoms with Gasteiger partial charge in [-0.3, -0.25) is 0 Å². The smallest absolute Gasteiger partial charge is 0.130 e. The standard InChI is InChI=1S/C25H28O2/c1-17(19-13-10-16-22(23(19)26)25(2,3)4)20-14-9-15-21(24(20)27-5)18-11-7-6-8-12-18/h6-17,26H,1-5H3. The Bertz CT molecular complexity index is 921. The van der Waals surface area contributed by atoms with E-state index in [4.69, 9.17) is 4.74 Å². The summed E-state index contributed by atoms with van der Waals surface area (Å²) in [6, 6.07) is 22.5. The van der Waals surface area contributed by atoms with Gasteiger partial charge in [0.1, 0.15) is 11.5 Å². The summed E-state index contributed by atoms with van der Waals surface area (Å²) in [5.74, 6) is 1.24. The van der Waals surface area contributed by atoms with Crippen LogP contribution in [0.5, 0.6) is 11.5 Å². The summed E-state index contributed by atoms with van der Waals surface area (Å²) in [7, 11) is 1.71. The summed E-state index contributed by atoms with van der Waals surface area (Å²) < 4.78 is 5.83. The van der Waals surface area contributed by atoms with Crippen LogP contribution in [0.4, 0.5) is 0 Å². The lowest BCUT2D eigenvalue weighted by Crippen LogP contribution is -2.12. The van der Waals surface area contributed by atoms with Crippen molar-refractivity contribution in [3.63, 3.8) is 0 Å². The SMILES string of the molecule is COc1c(-c2ccccc2)cccc1C(C)c1cccc(C(C)(C)C)c1O. The Morgan fingerprint density at radius 1 is 0.815 bits per heavy atom. The lowest BCUT2D eigenvalue weighted by molar-refractivity contribution is 0.408. The predicted octanol–water partition coefficient (Wildman–Crippen LogP) is 6.52. The average Bonchev–Trinajstić information content (AvgIpc) is 2.66. The first kappa shape index (κ1) is 19.0. The molecular formula is C25H28O2. The first-order valence-corrected chi connectivity index (χ1v) is 9.39. The molecule has 1 N–H and O–H groups in total. The predicted molar refractivity (Wildman–Crippen MR) is 113 cm³/mol. The van der Waals surface area contributed by atoms with Gasteiger partial charge in [-0.15, -0.1) is 0 Å². The fourth-order valence-corrected chi connectivity index (χ4v) is 3.65. The second-order valence-corrected chi connectivity index (χ2v) is 8.01. The first-order valence-electron chi connectivity index (χ1n) is 9.39. The minimum atomic E-state index is -0.115. The van der Waals surface area contributed by atoms with E-state index >= 15 is 0 Å².